The number of sulfonamides is 1. The summed E-state index contributed by atoms with van der Waals surface area (Å²) in [5.41, 5.74) is 1.84. The number of hydrogen-bond donors (Lipinski definition) is 1. The Kier molecular flexibility index (Phi) is 5.36. The van der Waals surface area contributed by atoms with Crippen molar-refractivity contribution in [3.8, 4) is 0 Å². The standard InChI is InChI=1S/C17H19FN2O3S/c1-12-4-9-15(18)16(10-12)24(22,23)20(3)11-13-5-7-14(8-6-13)17(21)19-2/h4-10H,11H2,1-3H3,(H,19,21). The number of halogens is 1. The molecular formula is C17H19FN2O3S. The number of nitrogens with zero attached hydrogens (tertiary/aromatic N) is 1. The van der Waals surface area contributed by atoms with Crippen LogP contribution in [0, 0.1) is 12.7 Å². The number of rotatable bonds is 5. The molecular weight excluding hydrogens is 331 g/mol. The van der Waals surface area contributed by atoms with E-state index in [0.29, 0.717) is 16.7 Å². The van der Waals surface area contributed by atoms with Crippen LogP contribution in [-0.4, -0.2) is 32.7 Å². The molecule has 7 heteroatoms. The molecule has 0 bridgehead atoms. The Bertz CT molecular complexity index is 849. The fourth-order valence-corrected chi connectivity index (χ4v) is 3.53. The summed E-state index contributed by atoms with van der Waals surface area (Å²) in [5.74, 6) is -0.994. The van der Waals surface area contributed by atoms with Gasteiger partial charge in [-0.2, -0.15) is 4.31 Å². The van der Waals surface area contributed by atoms with Gasteiger partial charge >= 0.3 is 0 Å². The van der Waals surface area contributed by atoms with Crippen LogP contribution in [0.25, 0.3) is 0 Å². The highest BCUT2D eigenvalue weighted by atomic mass is 32.2. The topological polar surface area (TPSA) is 66.5 Å². The van der Waals surface area contributed by atoms with Crippen molar-refractivity contribution < 1.29 is 17.6 Å². The third kappa shape index (κ3) is 3.80. The van der Waals surface area contributed by atoms with E-state index in [4.69, 9.17) is 0 Å². The lowest BCUT2D eigenvalue weighted by Crippen LogP contribution is -2.27. The van der Waals surface area contributed by atoms with Crippen LogP contribution in [0.2, 0.25) is 0 Å². The minimum Gasteiger partial charge on any atom is -0.355 e. The molecule has 0 saturated heterocycles. The van der Waals surface area contributed by atoms with Gasteiger partial charge in [-0.3, -0.25) is 4.79 Å². The normalized spacial score (nSPS) is 11.5. The average molecular weight is 350 g/mol. The van der Waals surface area contributed by atoms with Crippen molar-refractivity contribution >= 4 is 15.9 Å². The van der Waals surface area contributed by atoms with Gasteiger partial charge in [0.2, 0.25) is 10.0 Å². The molecule has 0 aliphatic heterocycles. The lowest BCUT2D eigenvalue weighted by Gasteiger charge is -2.18. The quantitative estimate of drug-likeness (QED) is 0.900. The maximum Gasteiger partial charge on any atom is 0.251 e. The highest BCUT2D eigenvalue weighted by molar-refractivity contribution is 7.89. The molecule has 1 amide bonds. The summed E-state index contributed by atoms with van der Waals surface area (Å²) < 4.78 is 40.1. The molecule has 0 radical (unpaired) electrons. The SMILES string of the molecule is CNC(=O)c1ccc(CN(C)S(=O)(=O)c2cc(C)ccc2F)cc1. The Balaban J connectivity index is 2.23. The first-order valence-electron chi connectivity index (χ1n) is 7.29. The Morgan fingerprint density at radius 2 is 1.79 bits per heavy atom. The van der Waals surface area contributed by atoms with Gasteiger partial charge in [-0.05, 0) is 42.3 Å². The summed E-state index contributed by atoms with van der Waals surface area (Å²) in [6, 6.07) is 10.5. The molecule has 0 aromatic heterocycles. The third-order valence-electron chi connectivity index (χ3n) is 3.62. The number of carbonyl (C=O) groups excluding carboxylic acids is 1. The van der Waals surface area contributed by atoms with Crippen LogP contribution in [0.1, 0.15) is 21.5 Å². The lowest BCUT2D eigenvalue weighted by molar-refractivity contribution is 0.0963. The first-order valence-corrected chi connectivity index (χ1v) is 8.73. The van der Waals surface area contributed by atoms with E-state index in [2.05, 4.69) is 5.32 Å². The predicted molar refractivity (Wildman–Crippen MR) is 89.6 cm³/mol. The number of carbonyl (C=O) groups is 1. The average Bonchev–Trinajstić information content (AvgIpc) is 2.56. The van der Waals surface area contributed by atoms with Crippen LogP contribution in [0.4, 0.5) is 4.39 Å². The molecule has 0 heterocycles. The van der Waals surface area contributed by atoms with Crippen molar-refractivity contribution in [1.82, 2.24) is 9.62 Å². The Morgan fingerprint density at radius 1 is 1.17 bits per heavy atom. The Hall–Kier alpha value is -2.25. The second kappa shape index (κ2) is 7.11. The number of nitrogens with one attached hydrogen (secondary N) is 1. The summed E-state index contributed by atoms with van der Waals surface area (Å²) in [6.07, 6.45) is 0. The zero-order chi connectivity index (χ0) is 17.9. The van der Waals surface area contributed by atoms with Gasteiger partial charge < -0.3 is 5.32 Å². The van der Waals surface area contributed by atoms with Gasteiger partial charge in [-0.1, -0.05) is 18.2 Å². The van der Waals surface area contributed by atoms with E-state index in [1.165, 1.54) is 26.2 Å². The van der Waals surface area contributed by atoms with Gasteiger partial charge in [0.1, 0.15) is 10.7 Å². The van der Waals surface area contributed by atoms with E-state index in [1.54, 1.807) is 31.2 Å². The fraction of sp³-hybridized carbons (Fsp3) is 0.235. The van der Waals surface area contributed by atoms with Crippen LogP contribution in [0.5, 0.6) is 0 Å². The smallest absolute Gasteiger partial charge is 0.251 e. The molecule has 0 aliphatic rings. The predicted octanol–water partition coefficient (Wildman–Crippen LogP) is 2.31. The molecule has 128 valence electrons. The van der Waals surface area contributed by atoms with Gasteiger partial charge in [-0.25, -0.2) is 12.8 Å². The Labute approximate surface area is 141 Å². The van der Waals surface area contributed by atoms with Crippen LogP contribution >= 0.6 is 0 Å². The fourth-order valence-electron chi connectivity index (χ4n) is 2.22. The largest absolute Gasteiger partial charge is 0.355 e. The van der Waals surface area contributed by atoms with Gasteiger partial charge in [0, 0.05) is 26.2 Å². The molecule has 0 atom stereocenters. The molecule has 1 N–H and O–H groups in total. The molecule has 0 aliphatic carbocycles. The maximum absolute atomic E-state index is 13.9. The second-order valence-corrected chi connectivity index (χ2v) is 7.48. The summed E-state index contributed by atoms with van der Waals surface area (Å²) in [7, 11) is -1.02. The third-order valence-corrected chi connectivity index (χ3v) is 5.44. The van der Waals surface area contributed by atoms with Crippen molar-refractivity contribution in [3.63, 3.8) is 0 Å². The van der Waals surface area contributed by atoms with Crippen LogP contribution in [0.3, 0.4) is 0 Å². The summed E-state index contributed by atoms with van der Waals surface area (Å²) in [5, 5.41) is 2.51. The van der Waals surface area contributed by atoms with E-state index in [1.807, 2.05) is 0 Å². The van der Waals surface area contributed by atoms with Crippen LogP contribution in [-0.2, 0) is 16.6 Å². The maximum atomic E-state index is 13.9. The van der Waals surface area contributed by atoms with Crippen molar-refractivity contribution in [1.29, 1.82) is 0 Å². The van der Waals surface area contributed by atoms with Crippen LogP contribution < -0.4 is 5.32 Å². The summed E-state index contributed by atoms with van der Waals surface area (Å²) >= 11 is 0. The molecule has 0 fully saturated rings. The van der Waals surface area contributed by atoms with E-state index in [0.717, 1.165) is 10.4 Å². The van der Waals surface area contributed by atoms with Crippen molar-refractivity contribution in [3.05, 3.63) is 65.0 Å². The number of amides is 1. The van der Waals surface area contributed by atoms with Gasteiger partial charge in [0.15, 0.2) is 0 Å². The molecule has 0 unspecified atom stereocenters. The highest BCUT2D eigenvalue weighted by Crippen LogP contribution is 2.21. The summed E-state index contributed by atoms with van der Waals surface area (Å²) in [4.78, 5) is 11.2. The van der Waals surface area contributed by atoms with E-state index < -0.39 is 15.8 Å². The molecule has 24 heavy (non-hydrogen) atoms. The summed E-state index contributed by atoms with van der Waals surface area (Å²) in [6.45, 7) is 1.78. The first kappa shape index (κ1) is 18.1. The Morgan fingerprint density at radius 3 is 2.38 bits per heavy atom. The van der Waals surface area contributed by atoms with Crippen molar-refractivity contribution in [2.45, 2.75) is 18.4 Å². The minimum absolute atomic E-state index is 0.0732. The van der Waals surface area contributed by atoms with Crippen LogP contribution in [0.15, 0.2) is 47.4 Å². The number of aryl methyl sites for hydroxylation is 1. The molecule has 2 aromatic carbocycles. The first-order chi connectivity index (χ1) is 11.3. The van der Waals surface area contributed by atoms with E-state index in [-0.39, 0.29) is 17.3 Å². The lowest BCUT2D eigenvalue weighted by atomic mass is 10.1. The van der Waals surface area contributed by atoms with Crippen molar-refractivity contribution in [2.75, 3.05) is 14.1 Å². The molecule has 2 rings (SSSR count). The van der Waals surface area contributed by atoms with Gasteiger partial charge in [0.05, 0.1) is 0 Å². The van der Waals surface area contributed by atoms with E-state index in [9.17, 15) is 17.6 Å². The number of benzene rings is 2. The zero-order valence-electron chi connectivity index (χ0n) is 13.7. The van der Waals surface area contributed by atoms with E-state index >= 15 is 0 Å². The zero-order valence-corrected chi connectivity index (χ0v) is 14.5. The second-order valence-electron chi connectivity index (χ2n) is 5.47. The molecule has 0 spiro atoms. The van der Waals surface area contributed by atoms with Gasteiger partial charge in [0.25, 0.3) is 5.91 Å². The number of hydrogen-bond acceptors (Lipinski definition) is 3. The molecule has 5 nitrogen and oxygen atoms in total. The monoisotopic (exact) mass is 350 g/mol. The van der Waals surface area contributed by atoms with Gasteiger partial charge in [-0.15, -0.1) is 0 Å². The molecule has 0 saturated carbocycles. The van der Waals surface area contributed by atoms with Crippen molar-refractivity contribution in [2.24, 2.45) is 0 Å². The molecule has 2 aromatic rings. The minimum atomic E-state index is -3.94. The highest BCUT2D eigenvalue weighted by Gasteiger charge is 2.24.